The fourth-order valence-electron chi connectivity index (χ4n) is 3.40. The Kier molecular flexibility index (Phi) is 20.5. The van der Waals surface area contributed by atoms with Gasteiger partial charge in [0.15, 0.2) is 0 Å². The van der Waals surface area contributed by atoms with Crippen molar-refractivity contribution in [2.45, 2.75) is 93.4 Å². The number of rotatable bonds is 13. The number of hydrogen-bond donors (Lipinski definition) is 1. The first-order valence-electron chi connectivity index (χ1n) is 13.0. The van der Waals surface area contributed by atoms with Crippen LogP contribution in [0.5, 0.6) is 0 Å². The van der Waals surface area contributed by atoms with E-state index < -0.39 is 25.7 Å². The molecule has 0 spiro atoms. The molecule has 1 radical (unpaired) electrons. The Bertz CT molecular complexity index is 712. The summed E-state index contributed by atoms with van der Waals surface area (Å²) < 4.78 is 5.04. The van der Waals surface area contributed by atoms with E-state index >= 15 is 0 Å². The topological polar surface area (TPSA) is 72.1 Å². The van der Waals surface area contributed by atoms with Crippen LogP contribution in [-0.2, 0) is 0 Å². The van der Waals surface area contributed by atoms with E-state index in [1.807, 2.05) is 18.2 Å². The predicted octanol–water partition coefficient (Wildman–Crippen LogP) is 6.96. The van der Waals surface area contributed by atoms with Gasteiger partial charge in [0.25, 0.3) is 5.91 Å². The van der Waals surface area contributed by atoms with Gasteiger partial charge in [-0.1, -0.05) is 32.9 Å². The molecule has 0 unspecified atom stereocenters. The molecule has 0 aliphatic carbocycles. The Morgan fingerprint density at radius 1 is 0.818 bits per heavy atom. The Morgan fingerprint density at radius 2 is 1.27 bits per heavy atom. The van der Waals surface area contributed by atoms with E-state index in [2.05, 4.69) is 56.4 Å². The van der Waals surface area contributed by atoms with Crippen molar-refractivity contribution in [2.24, 2.45) is 5.73 Å². The molecular weight excluding hydrogens is 515 g/mol. The Morgan fingerprint density at radius 3 is 1.64 bits per heavy atom. The summed E-state index contributed by atoms with van der Waals surface area (Å²) in [6, 6.07) is 7.31. The van der Waals surface area contributed by atoms with Gasteiger partial charge in [0.05, 0.1) is 17.2 Å². The van der Waals surface area contributed by atoms with Crippen LogP contribution in [0.1, 0.15) is 90.6 Å². The molecule has 2 rings (SSSR count). The summed E-state index contributed by atoms with van der Waals surface area (Å²) in [5, 5.41) is 0. The standard InChI is InChI=1S/C9H7N3O.C6H15N.3C4H9.Sn/c10-9(13)8-5-11-6-3-1-2-4-7(6)12-8;1-4-7(5-2)6-3;3*1-3-4-2;/h1-5H,(H2,10,13);4-6H2,1-3H3;3*1,3-4H2,2H3;. The third-order valence-corrected chi connectivity index (χ3v) is 14.8. The molecule has 0 aliphatic rings. The summed E-state index contributed by atoms with van der Waals surface area (Å²) in [7, 11) is 0. The summed E-state index contributed by atoms with van der Waals surface area (Å²) in [4.78, 5) is 21.2. The number of amides is 1. The number of nitrogens with zero attached hydrogens (tertiary/aromatic N) is 3. The second-order valence-corrected chi connectivity index (χ2v) is 16.9. The molecule has 33 heavy (non-hydrogen) atoms. The zero-order valence-electron chi connectivity index (χ0n) is 22.2. The van der Waals surface area contributed by atoms with Gasteiger partial charge in [0, 0.05) is 0 Å². The van der Waals surface area contributed by atoms with Crippen LogP contribution in [0, 0.1) is 0 Å². The maximum absolute atomic E-state index is 10.8. The minimum Gasteiger partial charge on any atom is -0.364 e. The summed E-state index contributed by atoms with van der Waals surface area (Å²) in [5.41, 5.74) is 6.69. The van der Waals surface area contributed by atoms with E-state index in [4.69, 9.17) is 5.73 Å². The third-order valence-electron chi connectivity index (χ3n) is 5.69. The van der Waals surface area contributed by atoms with Crippen molar-refractivity contribution in [2.75, 3.05) is 19.6 Å². The van der Waals surface area contributed by atoms with Crippen molar-refractivity contribution in [3.63, 3.8) is 0 Å². The van der Waals surface area contributed by atoms with E-state index in [9.17, 15) is 4.79 Å². The maximum Gasteiger partial charge on any atom is 0.268 e. The van der Waals surface area contributed by atoms with Gasteiger partial charge < -0.3 is 10.6 Å². The average Bonchev–Trinajstić information content (AvgIpc) is 2.85. The molecule has 1 amide bonds. The van der Waals surface area contributed by atoms with E-state index in [-0.39, 0.29) is 5.69 Å². The number of nitrogens with two attached hydrogens (primary N) is 1. The van der Waals surface area contributed by atoms with Gasteiger partial charge in [-0.05, 0) is 31.8 Å². The van der Waals surface area contributed by atoms with Crippen LogP contribution in [-0.4, -0.2) is 60.2 Å². The van der Waals surface area contributed by atoms with Crippen molar-refractivity contribution in [3.8, 4) is 0 Å². The number of fused-ring (bicyclic) bond motifs is 1. The Balaban J connectivity index is 0.000000490. The van der Waals surface area contributed by atoms with E-state index in [1.54, 1.807) is 19.4 Å². The first-order valence-corrected chi connectivity index (χ1v) is 19.1. The minimum atomic E-state index is -0.839. The summed E-state index contributed by atoms with van der Waals surface area (Å²) in [6.45, 7) is 17.1. The molecule has 1 aromatic heterocycles. The van der Waals surface area contributed by atoms with Gasteiger partial charge in [-0.2, -0.15) is 0 Å². The molecule has 6 heteroatoms. The number of para-hydroxylation sites is 2. The number of carbonyl (C=O) groups is 1. The molecular formula is C27H49N4OSn. The first-order chi connectivity index (χ1) is 16.0. The van der Waals surface area contributed by atoms with Crippen molar-refractivity contribution < 1.29 is 4.79 Å². The second kappa shape index (κ2) is 21.3. The van der Waals surface area contributed by atoms with Crippen LogP contribution in [0.3, 0.4) is 0 Å². The van der Waals surface area contributed by atoms with E-state index in [1.165, 1.54) is 64.4 Å². The van der Waals surface area contributed by atoms with Gasteiger partial charge in [0.2, 0.25) is 0 Å². The number of aromatic nitrogens is 2. The molecule has 5 nitrogen and oxygen atoms in total. The molecule has 0 saturated carbocycles. The Hall–Kier alpha value is -1.21. The van der Waals surface area contributed by atoms with Crippen molar-refractivity contribution in [3.05, 3.63) is 36.2 Å². The molecule has 0 bridgehead atoms. The molecule has 2 N–H and O–H groups in total. The zero-order chi connectivity index (χ0) is 24.9. The number of benzene rings is 1. The second-order valence-electron chi connectivity index (χ2n) is 8.29. The molecule has 1 heterocycles. The zero-order valence-corrected chi connectivity index (χ0v) is 25.1. The molecule has 187 valence electrons. The van der Waals surface area contributed by atoms with Crippen molar-refractivity contribution in [1.82, 2.24) is 14.9 Å². The van der Waals surface area contributed by atoms with Crippen molar-refractivity contribution >= 4 is 36.7 Å². The summed E-state index contributed by atoms with van der Waals surface area (Å²) >= 11 is -0.839. The quantitative estimate of drug-likeness (QED) is 0.267. The number of unbranched alkanes of at least 4 members (excludes halogenated alkanes) is 3. The number of carbonyl (C=O) groups excluding carboxylic acids is 1. The van der Waals surface area contributed by atoms with Gasteiger partial charge in [0.1, 0.15) is 5.69 Å². The molecule has 0 fully saturated rings. The van der Waals surface area contributed by atoms with E-state index in [0.717, 1.165) is 5.52 Å². The fourth-order valence-corrected chi connectivity index (χ4v) is 12.9. The fraction of sp³-hybridized carbons (Fsp3) is 0.667. The van der Waals surface area contributed by atoms with Crippen LogP contribution >= 0.6 is 0 Å². The van der Waals surface area contributed by atoms with E-state index in [0.29, 0.717) is 5.52 Å². The molecule has 0 saturated heterocycles. The van der Waals surface area contributed by atoms with Crippen LogP contribution < -0.4 is 5.73 Å². The summed E-state index contributed by atoms with van der Waals surface area (Å²) in [5.74, 6) is -0.557. The minimum absolute atomic E-state index is 0.193. The number of hydrogen-bond acceptors (Lipinski definition) is 4. The number of primary amides is 1. The molecule has 0 atom stereocenters. The monoisotopic (exact) mass is 565 g/mol. The van der Waals surface area contributed by atoms with Gasteiger partial charge in [-0.15, -0.1) is 0 Å². The maximum atomic E-state index is 10.8. The van der Waals surface area contributed by atoms with Gasteiger partial charge in [-0.25, -0.2) is 4.98 Å². The molecule has 0 aliphatic heterocycles. The van der Waals surface area contributed by atoms with Crippen molar-refractivity contribution in [1.29, 1.82) is 0 Å². The third kappa shape index (κ3) is 15.3. The molecule has 1 aromatic carbocycles. The van der Waals surface area contributed by atoms with Crippen LogP contribution in [0.4, 0.5) is 0 Å². The first kappa shape index (κ1) is 31.8. The normalized spacial score (nSPS) is 10.5. The van der Waals surface area contributed by atoms with Crippen LogP contribution in [0.15, 0.2) is 30.5 Å². The van der Waals surface area contributed by atoms with Gasteiger partial charge >= 0.3 is 92.4 Å². The molecule has 2 aromatic rings. The van der Waals surface area contributed by atoms with Crippen LogP contribution in [0.2, 0.25) is 13.3 Å². The SMILES string of the molecule is CCC[CH2][Sn]([CH2]CCC)[CH2]CCC.CCN(CC)CC.NC(=O)c1cnc2ccccc2n1. The summed E-state index contributed by atoms with van der Waals surface area (Å²) in [6.07, 6.45) is 10.2. The predicted molar refractivity (Wildman–Crippen MR) is 146 cm³/mol. The average molecular weight is 564 g/mol. The van der Waals surface area contributed by atoms with Gasteiger partial charge in [-0.3, -0.25) is 9.78 Å². The smallest absolute Gasteiger partial charge is 0.268 e. The Labute approximate surface area is 210 Å². The van der Waals surface area contributed by atoms with Crippen LogP contribution in [0.25, 0.3) is 11.0 Å². The largest absolute Gasteiger partial charge is 0.364 e.